The fraction of sp³-hybridized carbons (Fsp3) is 0.571. The van der Waals surface area contributed by atoms with E-state index >= 15 is 0 Å². The molecule has 0 spiro atoms. The molecular weight excluding hydrogens is 276 g/mol. The van der Waals surface area contributed by atoms with Crippen LogP contribution in [-0.2, 0) is 6.54 Å². The predicted molar refractivity (Wildman–Crippen MR) is 76.2 cm³/mol. The Kier molecular flexibility index (Phi) is 4.23. The summed E-state index contributed by atoms with van der Waals surface area (Å²) in [4.78, 5) is 2.56. The highest BCUT2D eigenvalue weighted by Crippen LogP contribution is 2.19. The zero-order valence-corrected chi connectivity index (χ0v) is 12.4. The van der Waals surface area contributed by atoms with Crippen LogP contribution in [0.5, 0.6) is 0 Å². The highest BCUT2D eigenvalue weighted by molar-refractivity contribution is 9.10. The zero-order valence-electron chi connectivity index (χ0n) is 10.8. The SMILES string of the molecule is Cc1cc(CN2CC(C)NCC2C)ccc1Br. The molecule has 2 unspecified atom stereocenters. The quantitative estimate of drug-likeness (QED) is 0.903. The summed E-state index contributed by atoms with van der Waals surface area (Å²) in [5.74, 6) is 0. The molecule has 17 heavy (non-hydrogen) atoms. The molecule has 2 rings (SSSR count). The molecule has 1 aliphatic rings. The molecule has 0 radical (unpaired) electrons. The maximum atomic E-state index is 3.55. The number of piperazine rings is 1. The molecule has 1 N–H and O–H groups in total. The maximum absolute atomic E-state index is 3.55. The maximum Gasteiger partial charge on any atom is 0.0237 e. The van der Waals surface area contributed by atoms with E-state index in [-0.39, 0.29) is 0 Å². The van der Waals surface area contributed by atoms with Crippen molar-refractivity contribution in [3.63, 3.8) is 0 Å². The summed E-state index contributed by atoms with van der Waals surface area (Å²) in [5.41, 5.74) is 2.73. The van der Waals surface area contributed by atoms with E-state index in [4.69, 9.17) is 0 Å². The van der Waals surface area contributed by atoms with Gasteiger partial charge in [-0.15, -0.1) is 0 Å². The monoisotopic (exact) mass is 296 g/mol. The summed E-state index contributed by atoms with van der Waals surface area (Å²) in [6.45, 7) is 9.99. The largest absolute Gasteiger partial charge is 0.311 e. The Hall–Kier alpha value is -0.380. The Labute approximate surface area is 113 Å². The number of nitrogens with one attached hydrogen (secondary N) is 1. The lowest BCUT2D eigenvalue weighted by Gasteiger charge is -2.37. The minimum Gasteiger partial charge on any atom is -0.311 e. The molecule has 0 saturated carbocycles. The number of halogens is 1. The first-order valence-electron chi connectivity index (χ1n) is 6.28. The molecule has 3 heteroatoms. The Morgan fingerprint density at radius 2 is 2.18 bits per heavy atom. The Morgan fingerprint density at radius 1 is 1.41 bits per heavy atom. The third kappa shape index (κ3) is 3.30. The average molecular weight is 297 g/mol. The van der Waals surface area contributed by atoms with Crippen LogP contribution in [-0.4, -0.2) is 30.1 Å². The van der Waals surface area contributed by atoms with Crippen LogP contribution in [0.2, 0.25) is 0 Å². The zero-order chi connectivity index (χ0) is 12.4. The van der Waals surface area contributed by atoms with E-state index in [1.165, 1.54) is 15.6 Å². The van der Waals surface area contributed by atoms with Gasteiger partial charge in [0.15, 0.2) is 0 Å². The Morgan fingerprint density at radius 3 is 2.88 bits per heavy atom. The second-order valence-electron chi connectivity index (χ2n) is 5.17. The van der Waals surface area contributed by atoms with E-state index in [0.29, 0.717) is 12.1 Å². The third-order valence-corrected chi connectivity index (χ3v) is 4.39. The molecule has 1 aromatic carbocycles. The van der Waals surface area contributed by atoms with Gasteiger partial charge in [0.1, 0.15) is 0 Å². The summed E-state index contributed by atoms with van der Waals surface area (Å²) in [5, 5.41) is 3.52. The van der Waals surface area contributed by atoms with Crippen LogP contribution in [0.15, 0.2) is 22.7 Å². The van der Waals surface area contributed by atoms with E-state index in [1.807, 2.05) is 0 Å². The minimum absolute atomic E-state index is 0.600. The first-order chi connectivity index (χ1) is 8.06. The summed E-state index contributed by atoms with van der Waals surface area (Å²) in [7, 11) is 0. The molecule has 0 bridgehead atoms. The first kappa shape index (κ1) is 13.1. The van der Waals surface area contributed by atoms with Gasteiger partial charge in [-0.2, -0.15) is 0 Å². The molecular formula is C14H21BrN2. The van der Waals surface area contributed by atoms with Gasteiger partial charge in [-0.05, 0) is 38.0 Å². The molecule has 0 aliphatic carbocycles. The van der Waals surface area contributed by atoms with Crippen molar-refractivity contribution < 1.29 is 0 Å². The van der Waals surface area contributed by atoms with Gasteiger partial charge in [0, 0.05) is 36.2 Å². The Balaban J connectivity index is 2.06. The Bertz CT molecular complexity index is 392. The second kappa shape index (κ2) is 5.51. The van der Waals surface area contributed by atoms with Crippen molar-refractivity contribution in [2.24, 2.45) is 0 Å². The second-order valence-corrected chi connectivity index (χ2v) is 6.03. The lowest BCUT2D eigenvalue weighted by molar-refractivity contribution is 0.139. The van der Waals surface area contributed by atoms with Crippen molar-refractivity contribution in [2.75, 3.05) is 13.1 Å². The van der Waals surface area contributed by atoms with Crippen molar-refractivity contribution in [3.05, 3.63) is 33.8 Å². The van der Waals surface area contributed by atoms with Gasteiger partial charge < -0.3 is 5.32 Å². The van der Waals surface area contributed by atoms with Crippen molar-refractivity contribution in [1.29, 1.82) is 0 Å². The number of hydrogen-bond donors (Lipinski definition) is 1. The van der Waals surface area contributed by atoms with Crippen LogP contribution in [0, 0.1) is 6.92 Å². The fourth-order valence-corrected chi connectivity index (χ4v) is 2.60. The molecule has 1 heterocycles. The molecule has 0 amide bonds. The number of nitrogens with zero attached hydrogens (tertiary/aromatic N) is 1. The average Bonchev–Trinajstić information content (AvgIpc) is 2.29. The first-order valence-corrected chi connectivity index (χ1v) is 7.08. The van der Waals surface area contributed by atoms with E-state index in [0.717, 1.165) is 19.6 Å². The topological polar surface area (TPSA) is 15.3 Å². The smallest absolute Gasteiger partial charge is 0.0237 e. The molecule has 2 nitrogen and oxygen atoms in total. The molecule has 94 valence electrons. The van der Waals surface area contributed by atoms with Gasteiger partial charge in [0.25, 0.3) is 0 Å². The third-order valence-electron chi connectivity index (χ3n) is 3.50. The van der Waals surface area contributed by atoms with Gasteiger partial charge in [-0.1, -0.05) is 28.1 Å². The van der Waals surface area contributed by atoms with Crippen molar-refractivity contribution in [1.82, 2.24) is 10.2 Å². The summed E-state index contributed by atoms with van der Waals surface area (Å²) < 4.78 is 1.20. The molecule has 1 saturated heterocycles. The van der Waals surface area contributed by atoms with E-state index in [9.17, 15) is 0 Å². The number of rotatable bonds is 2. The van der Waals surface area contributed by atoms with E-state index < -0.39 is 0 Å². The van der Waals surface area contributed by atoms with Crippen molar-refractivity contribution in [3.8, 4) is 0 Å². The van der Waals surface area contributed by atoms with Crippen LogP contribution in [0.1, 0.15) is 25.0 Å². The van der Waals surface area contributed by atoms with E-state index in [1.54, 1.807) is 0 Å². The van der Waals surface area contributed by atoms with Crippen LogP contribution in [0.25, 0.3) is 0 Å². The lowest BCUT2D eigenvalue weighted by Crippen LogP contribution is -2.53. The normalized spacial score (nSPS) is 26.1. The minimum atomic E-state index is 0.600. The lowest BCUT2D eigenvalue weighted by atomic mass is 10.1. The summed E-state index contributed by atoms with van der Waals surface area (Å²) in [6, 6.07) is 7.87. The number of hydrogen-bond acceptors (Lipinski definition) is 2. The van der Waals surface area contributed by atoms with Gasteiger partial charge in [0.05, 0.1) is 0 Å². The number of benzene rings is 1. The van der Waals surface area contributed by atoms with Gasteiger partial charge in [-0.25, -0.2) is 0 Å². The predicted octanol–water partition coefficient (Wildman–Crippen LogP) is 2.94. The highest BCUT2D eigenvalue weighted by atomic mass is 79.9. The molecule has 1 aliphatic heterocycles. The number of aryl methyl sites for hydroxylation is 1. The van der Waals surface area contributed by atoms with Gasteiger partial charge in [0.2, 0.25) is 0 Å². The molecule has 1 fully saturated rings. The fourth-order valence-electron chi connectivity index (χ4n) is 2.36. The van der Waals surface area contributed by atoms with Gasteiger partial charge in [-0.3, -0.25) is 4.90 Å². The molecule has 0 aromatic heterocycles. The highest BCUT2D eigenvalue weighted by Gasteiger charge is 2.22. The summed E-state index contributed by atoms with van der Waals surface area (Å²) in [6.07, 6.45) is 0. The van der Waals surface area contributed by atoms with Crippen molar-refractivity contribution >= 4 is 15.9 Å². The summed E-state index contributed by atoms with van der Waals surface area (Å²) >= 11 is 3.55. The van der Waals surface area contributed by atoms with Crippen LogP contribution >= 0.6 is 15.9 Å². The van der Waals surface area contributed by atoms with Gasteiger partial charge >= 0.3 is 0 Å². The standard InChI is InChI=1S/C14H21BrN2/c1-10-6-13(4-5-14(10)15)9-17-8-11(2)16-7-12(17)3/h4-6,11-12,16H,7-9H2,1-3H3. The van der Waals surface area contributed by atoms with E-state index in [2.05, 4.69) is 65.1 Å². The van der Waals surface area contributed by atoms with Crippen LogP contribution in [0.4, 0.5) is 0 Å². The van der Waals surface area contributed by atoms with Crippen molar-refractivity contribution in [2.45, 2.75) is 39.4 Å². The van der Waals surface area contributed by atoms with Crippen LogP contribution in [0.3, 0.4) is 0 Å². The van der Waals surface area contributed by atoms with Crippen LogP contribution < -0.4 is 5.32 Å². The molecule has 1 aromatic rings. The molecule has 2 atom stereocenters.